The van der Waals surface area contributed by atoms with E-state index in [0.29, 0.717) is 0 Å². The lowest BCUT2D eigenvalue weighted by atomic mass is 9.78. The van der Waals surface area contributed by atoms with Crippen LogP contribution in [-0.4, -0.2) is 18.3 Å². The van der Waals surface area contributed by atoms with Gasteiger partial charge in [-0.15, -0.1) is 11.3 Å². The third-order valence-electron chi connectivity index (χ3n) is 4.18. The van der Waals surface area contributed by atoms with E-state index < -0.39 is 0 Å². The predicted molar refractivity (Wildman–Crippen MR) is 72.0 cm³/mol. The Morgan fingerprint density at radius 2 is 1.76 bits per heavy atom. The summed E-state index contributed by atoms with van der Waals surface area (Å²) in [6.45, 7) is 8.43. The van der Waals surface area contributed by atoms with Crippen LogP contribution in [0.1, 0.15) is 51.3 Å². The van der Waals surface area contributed by atoms with Crippen molar-refractivity contribution in [3.05, 3.63) is 16.3 Å². The first-order valence-corrected chi connectivity index (χ1v) is 7.21. The average Bonchev–Trinajstić information content (AvgIpc) is 2.88. The summed E-state index contributed by atoms with van der Waals surface area (Å²) in [7, 11) is -0.179. The van der Waals surface area contributed by atoms with Crippen LogP contribution >= 0.6 is 11.3 Å². The molecule has 17 heavy (non-hydrogen) atoms. The SMILES string of the molecule is CC1(C)OB(c2ccsc2C2CC2)OC1(C)C. The molecule has 0 radical (unpaired) electrons. The molecule has 0 atom stereocenters. The van der Waals surface area contributed by atoms with Gasteiger partial charge in [-0.2, -0.15) is 0 Å². The molecule has 1 aromatic rings. The van der Waals surface area contributed by atoms with Crippen LogP contribution in [0.25, 0.3) is 0 Å². The van der Waals surface area contributed by atoms with E-state index in [9.17, 15) is 0 Å². The summed E-state index contributed by atoms with van der Waals surface area (Å²) in [6.07, 6.45) is 2.65. The Bertz CT molecular complexity index is 418. The van der Waals surface area contributed by atoms with Crippen molar-refractivity contribution in [1.29, 1.82) is 0 Å². The highest BCUT2D eigenvalue weighted by atomic mass is 32.1. The van der Waals surface area contributed by atoms with Crippen molar-refractivity contribution in [2.45, 2.75) is 57.7 Å². The Morgan fingerprint density at radius 3 is 2.29 bits per heavy atom. The zero-order valence-electron chi connectivity index (χ0n) is 10.9. The summed E-state index contributed by atoms with van der Waals surface area (Å²) in [5.74, 6) is 0.768. The summed E-state index contributed by atoms with van der Waals surface area (Å²) in [4.78, 5) is 1.48. The van der Waals surface area contributed by atoms with Crippen LogP contribution in [0.5, 0.6) is 0 Å². The average molecular weight is 250 g/mol. The summed E-state index contributed by atoms with van der Waals surface area (Å²) >= 11 is 1.85. The minimum absolute atomic E-state index is 0.179. The lowest BCUT2D eigenvalue weighted by Crippen LogP contribution is -2.41. The Kier molecular flexibility index (Phi) is 2.48. The van der Waals surface area contributed by atoms with Gasteiger partial charge in [0.1, 0.15) is 0 Å². The van der Waals surface area contributed by atoms with Gasteiger partial charge >= 0.3 is 7.12 Å². The second-order valence-electron chi connectivity index (χ2n) is 6.10. The summed E-state index contributed by atoms with van der Waals surface area (Å²) < 4.78 is 12.2. The molecule has 0 aromatic carbocycles. The molecule has 1 saturated heterocycles. The maximum Gasteiger partial charge on any atom is 0.495 e. The zero-order valence-corrected chi connectivity index (χ0v) is 11.8. The van der Waals surface area contributed by atoms with Crippen molar-refractivity contribution in [2.24, 2.45) is 0 Å². The molecule has 0 spiro atoms. The normalized spacial score (nSPS) is 26.5. The van der Waals surface area contributed by atoms with E-state index >= 15 is 0 Å². The van der Waals surface area contributed by atoms with E-state index in [1.54, 1.807) is 0 Å². The minimum atomic E-state index is -0.236. The monoisotopic (exact) mass is 250 g/mol. The maximum absolute atomic E-state index is 6.11. The number of thiophene rings is 1. The smallest absolute Gasteiger partial charge is 0.399 e. The van der Waals surface area contributed by atoms with Gasteiger partial charge in [0.25, 0.3) is 0 Å². The molecule has 1 aliphatic carbocycles. The fraction of sp³-hybridized carbons (Fsp3) is 0.692. The summed E-state index contributed by atoms with van der Waals surface area (Å²) in [5, 5.41) is 2.16. The quantitative estimate of drug-likeness (QED) is 0.751. The second kappa shape index (κ2) is 3.59. The highest BCUT2D eigenvalue weighted by molar-refractivity contribution is 7.11. The van der Waals surface area contributed by atoms with Crippen molar-refractivity contribution < 1.29 is 9.31 Å². The highest BCUT2D eigenvalue weighted by Crippen LogP contribution is 2.43. The van der Waals surface area contributed by atoms with Gasteiger partial charge in [0.05, 0.1) is 11.2 Å². The Labute approximate surface area is 107 Å². The molecule has 2 nitrogen and oxygen atoms in total. The third kappa shape index (κ3) is 1.87. The van der Waals surface area contributed by atoms with Gasteiger partial charge in [0, 0.05) is 4.88 Å². The molecule has 2 fully saturated rings. The van der Waals surface area contributed by atoms with Gasteiger partial charge in [-0.1, -0.05) is 6.07 Å². The molecule has 1 aromatic heterocycles. The lowest BCUT2D eigenvalue weighted by molar-refractivity contribution is 0.00578. The Hall–Kier alpha value is -0.315. The first-order chi connectivity index (χ1) is 7.91. The van der Waals surface area contributed by atoms with Gasteiger partial charge in [0.2, 0.25) is 0 Å². The van der Waals surface area contributed by atoms with Gasteiger partial charge in [-0.25, -0.2) is 0 Å². The summed E-state index contributed by atoms with van der Waals surface area (Å²) in [5.41, 5.74) is 0.789. The van der Waals surface area contributed by atoms with Crippen molar-refractivity contribution >= 4 is 23.9 Å². The molecular weight excluding hydrogens is 231 g/mol. The molecule has 3 rings (SSSR count). The van der Waals surface area contributed by atoms with Crippen molar-refractivity contribution in [1.82, 2.24) is 0 Å². The maximum atomic E-state index is 6.11. The van der Waals surface area contributed by atoms with Crippen LogP contribution in [0.15, 0.2) is 11.4 Å². The van der Waals surface area contributed by atoms with Crippen LogP contribution in [0, 0.1) is 0 Å². The molecule has 0 N–H and O–H groups in total. The molecule has 1 saturated carbocycles. The van der Waals surface area contributed by atoms with Crippen LogP contribution in [0.2, 0.25) is 0 Å². The largest absolute Gasteiger partial charge is 0.495 e. The van der Waals surface area contributed by atoms with Gasteiger partial charge in [-0.3, -0.25) is 0 Å². The number of rotatable bonds is 2. The van der Waals surface area contributed by atoms with E-state index in [4.69, 9.17) is 9.31 Å². The molecule has 4 heteroatoms. The fourth-order valence-corrected chi connectivity index (χ4v) is 3.26. The van der Waals surface area contributed by atoms with Crippen molar-refractivity contribution in [2.75, 3.05) is 0 Å². The van der Waals surface area contributed by atoms with Crippen molar-refractivity contribution in [3.63, 3.8) is 0 Å². The highest BCUT2D eigenvalue weighted by Gasteiger charge is 2.52. The third-order valence-corrected chi connectivity index (χ3v) is 5.28. The van der Waals surface area contributed by atoms with Gasteiger partial charge < -0.3 is 9.31 Å². The first-order valence-electron chi connectivity index (χ1n) is 6.34. The molecule has 2 aliphatic rings. The number of hydrogen-bond acceptors (Lipinski definition) is 3. The second-order valence-corrected chi connectivity index (χ2v) is 7.05. The Morgan fingerprint density at radius 1 is 1.18 bits per heavy atom. The molecule has 1 aliphatic heterocycles. The van der Waals surface area contributed by atoms with Crippen LogP contribution in [0.4, 0.5) is 0 Å². The van der Waals surface area contributed by atoms with E-state index in [1.165, 1.54) is 23.2 Å². The fourth-order valence-electron chi connectivity index (χ4n) is 2.17. The van der Waals surface area contributed by atoms with Crippen LogP contribution < -0.4 is 5.46 Å². The molecule has 0 unspecified atom stereocenters. The zero-order chi connectivity index (χ0) is 12.3. The van der Waals surface area contributed by atoms with Crippen LogP contribution in [-0.2, 0) is 9.31 Å². The molecule has 0 bridgehead atoms. The van der Waals surface area contributed by atoms with Gasteiger partial charge in [-0.05, 0) is 57.3 Å². The van der Waals surface area contributed by atoms with Crippen LogP contribution in [0.3, 0.4) is 0 Å². The summed E-state index contributed by atoms with van der Waals surface area (Å²) in [6, 6.07) is 2.17. The number of hydrogen-bond donors (Lipinski definition) is 0. The Balaban J connectivity index is 1.89. The van der Waals surface area contributed by atoms with Gasteiger partial charge in [0.15, 0.2) is 0 Å². The van der Waals surface area contributed by atoms with E-state index in [-0.39, 0.29) is 18.3 Å². The topological polar surface area (TPSA) is 18.5 Å². The van der Waals surface area contributed by atoms with Crippen molar-refractivity contribution in [3.8, 4) is 0 Å². The molecule has 2 heterocycles. The minimum Gasteiger partial charge on any atom is -0.399 e. The molecule has 92 valence electrons. The predicted octanol–water partition coefficient (Wildman–Crippen LogP) is 2.92. The molecule has 0 amide bonds. The van der Waals surface area contributed by atoms with E-state index in [0.717, 1.165) is 5.92 Å². The lowest BCUT2D eigenvalue weighted by Gasteiger charge is -2.32. The molecular formula is C13H19BO2S. The first kappa shape index (κ1) is 11.8. The van der Waals surface area contributed by atoms with E-state index in [1.807, 2.05) is 11.3 Å². The van der Waals surface area contributed by atoms with E-state index in [2.05, 4.69) is 39.1 Å². The standard InChI is InChI=1S/C13H19BO2S/c1-12(2)13(3,4)16-14(15-12)10-7-8-17-11(10)9-5-6-9/h7-9H,5-6H2,1-4H3.